The quantitative estimate of drug-likeness (QED) is 0.777. The molecule has 0 aliphatic carbocycles. The summed E-state index contributed by atoms with van der Waals surface area (Å²) in [5, 5.41) is 11.6. The fourth-order valence-corrected chi connectivity index (χ4v) is 1.74. The van der Waals surface area contributed by atoms with Crippen molar-refractivity contribution in [2.45, 2.75) is 13.3 Å². The molecule has 0 atom stereocenters. The Kier molecular flexibility index (Phi) is 3.61. The van der Waals surface area contributed by atoms with E-state index in [0.717, 1.165) is 5.56 Å². The van der Waals surface area contributed by atoms with E-state index in [2.05, 4.69) is 15.3 Å². The minimum Gasteiger partial charge on any atom is -0.477 e. The van der Waals surface area contributed by atoms with Crippen LogP contribution in [0.3, 0.4) is 0 Å². The molecular formula is C13H13N3O3. The second-order valence-corrected chi connectivity index (χ2v) is 4.13. The van der Waals surface area contributed by atoms with E-state index < -0.39 is 5.97 Å². The highest BCUT2D eigenvalue weighted by molar-refractivity contribution is 6.00. The minimum absolute atomic E-state index is 0.0134. The summed E-state index contributed by atoms with van der Waals surface area (Å²) in [4.78, 5) is 29.4. The number of H-pyrrole nitrogens is 1. The predicted molar refractivity (Wildman–Crippen MR) is 69.1 cm³/mol. The maximum absolute atomic E-state index is 11.8. The Balaban J connectivity index is 2.09. The lowest BCUT2D eigenvalue weighted by Crippen LogP contribution is -2.16. The Morgan fingerprint density at radius 1 is 1.37 bits per heavy atom. The van der Waals surface area contributed by atoms with Crippen LogP contribution in [0.25, 0.3) is 0 Å². The Labute approximate surface area is 109 Å². The molecule has 0 radical (unpaired) electrons. The molecule has 0 saturated carbocycles. The van der Waals surface area contributed by atoms with Gasteiger partial charge in [0.2, 0.25) is 5.91 Å². The van der Waals surface area contributed by atoms with Gasteiger partial charge in [-0.3, -0.25) is 9.78 Å². The molecule has 19 heavy (non-hydrogen) atoms. The van der Waals surface area contributed by atoms with Crippen LogP contribution in [0.1, 0.15) is 21.7 Å². The van der Waals surface area contributed by atoms with Crippen LogP contribution in [0, 0.1) is 6.92 Å². The van der Waals surface area contributed by atoms with Crippen LogP contribution in [0.15, 0.2) is 30.6 Å². The zero-order valence-electron chi connectivity index (χ0n) is 10.3. The van der Waals surface area contributed by atoms with E-state index in [0.29, 0.717) is 5.69 Å². The Morgan fingerprint density at radius 2 is 2.05 bits per heavy atom. The van der Waals surface area contributed by atoms with Gasteiger partial charge in [-0.25, -0.2) is 4.79 Å². The summed E-state index contributed by atoms with van der Waals surface area (Å²) in [6, 6.07) is 5.06. The molecule has 0 aromatic carbocycles. The molecule has 0 spiro atoms. The topological polar surface area (TPSA) is 95.1 Å². The van der Waals surface area contributed by atoms with E-state index >= 15 is 0 Å². The number of aromatic nitrogens is 2. The van der Waals surface area contributed by atoms with Crippen LogP contribution < -0.4 is 5.32 Å². The third kappa shape index (κ3) is 3.19. The van der Waals surface area contributed by atoms with Crippen molar-refractivity contribution in [1.29, 1.82) is 0 Å². The first-order chi connectivity index (χ1) is 9.06. The van der Waals surface area contributed by atoms with Crippen molar-refractivity contribution in [3.63, 3.8) is 0 Å². The summed E-state index contributed by atoms with van der Waals surface area (Å²) in [6.07, 6.45) is 3.38. The summed E-state index contributed by atoms with van der Waals surface area (Å²) in [7, 11) is 0. The molecule has 3 N–H and O–H groups in total. The molecule has 6 heteroatoms. The minimum atomic E-state index is -1.10. The van der Waals surface area contributed by atoms with Crippen LogP contribution in [-0.4, -0.2) is 27.0 Å². The average molecular weight is 259 g/mol. The molecule has 0 fully saturated rings. The standard InChI is InChI=1S/C13H13N3O3/c1-8-6-10(12(15-8)13(18)19)16-11(17)7-9-2-4-14-5-3-9/h2-6,15H,7H2,1H3,(H,16,17)(H,18,19). The highest BCUT2D eigenvalue weighted by atomic mass is 16.4. The van der Waals surface area contributed by atoms with Gasteiger partial charge >= 0.3 is 5.97 Å². The Bertz CT molecular complexity index is 605. The van der Waals surface area contributed by atoms with Crippen molar-refractivity contribution >= 4 is 17.6 Å². The van der Waals surface area contributed by atoms with E-state index in [1.165, 1.54) is 0 Å². The molecule has 2 heterocycles. The second kappa shape index (κ2) is 5.34. The van der Waals surface area contributed by atoms with Crippen LogP contribution in [-0.2, 0) is 11.2 Å². The Morgan fingerprint density at radius 3 is 2.68 bits per heavy atom. The number of pyridine rings is 1. The fourth-order valence-electron chi connectivity index (χ4n) is 1.74. The van der Waals surface area contributed by atoms with Gasteiger partial charge < -0.3 is 15.4 Å². The number of rotatable bonds is 4. The van der Waals surface area contributed by atoms with E-state index in [-0.39, 0.29) is 23.7 Å². The summed E-state index contributed by atoms with van der Waals surface area (Å²) in [5.74, 6) is -1.37. The highest BCUT2D eigenvalue weighted by Crippen LogP contribution is 2.17. The lowest BCUT2D eigenvalue weighted by molar-refractivity contribution is -0.115. The lowest BCUT2D eigenvalue weighted by Gasteiger charge is -2.04. The van der Waals surface area contributed by atoms with E-state index in [9.17, 15) is 9.59 Å². The number of nitrogens with zero attached hydrogens (tertiary/aromatic N) is 1. The number of amides is 1. The number of carboxylic acids is 1. The molecule has 2 rings (SSSR count). The molecular weight excluding hydrogens is 246 g/mol. The molecule has 1 amide bonds. The number of aromatic amines is 1. The number of carbonyl (C=O) groups is 2. The van der Waals surface area contributed by atoms with Gasteiger partial charge in [0.1, 0.15) is 5.69 Å². The number of aromatic carboxylic acids is 1. The summed E-state index contributed by atoms with van der Waals surface area (Å²) < 4.78 is 0. The summed E-state index contributed by atoms with van der Waals surface area (Å²) >= 11 is 0. The predicted octanol–water partition coefficient (Wildman–Crippen LogP) is 1.60. The van der Waals surface area contributed by atoms with Gasteiger partial charge in [0.05, 0.1) is 12.1 Å². The highest BCUT2D eigenvalue weighted by Gasteiger charge is 2.15. The van der Waals surface area contributed by atoms with Gasteiger partial charge in [-0.1, -0.05) is 0 Å². The summed E-state index contributed by atoms with van der Waals surface area (Å²) in [5.41, 5.74) is 1.76. The smallest absolute Gasteiger partial charge is 0.354 e. The zero-order chi connectivity index (χ0) is 13.8. The van der Waals surface area contributed by atoms with E-state index in [4.69, 9.17) is 5.11 Å². The molecule has 0 bridgehead atoms. The van der Waals surface area contributed by atoms with Crippen LogP contribution in [0.4, 0.5) is 5.69 Å². The van der Waals surface area contributed by atoms with E-state index in [1.54, 1.807) is 37.5 Å². The van der Waals surface area contributed by atoms with Gasteiger partial charge in [0.25, 0.3) is 0 Å². The molecule has 6 nitrogen and oxygen atoms in total. The van der Waals surface area contributed by atoms with E-state index in [1.807, 2.05) is 0 Å². The number of carbonyl (C=O) groups excluding carboxylic acids is 1. The third-order valence-electron chi connectivity index (χ3n) is 2.55. The van der Waals surface area contributed by atoms with Crippen molar-refractivity contribution < 1.29 is 14.7 Å². The number of hydrogen-bond donors (Lipinski definition) is 3. The number of nitrogens with one attached hydrogen (secondary N) is 2. The number of hydrogen-bond acceptors (Lipinski definition) is 3. The van der Waals surface area contributed by atoms with Crippen molar-refractivity contribution in [1.82, 2.24) is 9.97 Å². The average Bonchev–Trinajstić information content (AvgIpc) is 2.71. The zero-order valence-corrected chi connectivity index (χ0v) is 10.3. The molecule has 2 aromatic rings. The largest absolute Gasteiger partial charge is 0.477 e. The van der Waals surface area contributed by atoms with Crippen molar-refractivity contribution in [3.8, 4) is 0 Å². The van der Waals surface area contributed by atoms with Gasteiger partial charge in [0, 0.05) is 18.1 Å². The molecule has 2 aromatic heterocycles. The fraction of sp³-hybridized carbons (Fsp3) is 0.154. The monoisotopic (exact) mass is 259 g/mol. The van der Waals surface area contributed by atoms with Crippen molar-refractivity contribution in [2.24, 2.45) is 0 Å². The number of anilines is 1. The molecule has 0 saturated heterocycles. The van der Waals surface area contributed by atoms with Crippen LogP contribution in [0.5, 0.6) is 0 Å². The SMILES string of the molecule is Cc1cc(NC(=O)Cc2ccncc2)c(C(=O)O)[nH]1. The number of carboxylic acid groups (broad SMARTS) is 1. The maximum atomic E-state index is 11.8. The van der Waals surface area contributed by atoms with Crippen LogP contribution in [0.2, 0.25) is 0 Å². The normalized spacial score (nSPS) is 10.2. The third-order valence-corrected chi connectivity index (χ3v) is 2.55. The molecule has 0 aliphatic heterocycles. The van der Waals surface area contributed by atoms with Crippen molar-refractivity contribution in [3.05, 3.63) is 47.5 Å². The van der Waals surface area contributed by atoms with Gasteiger partial charge in [0.15, 0.2) is 0 Å². The second-order valence-electron chi connectivity index (χ2n) is 4.13. The summed E-state index contributed by atoms with van der Waals surface area (Å²) in [6.45, 7) is 1.73. The molecule has 98 valence electrons. The van der Waals surface area contributed by atoms with Crippen LogP contribution >= 0.6 is 0 Å². The number of aryl methyl sites for hydroxylation is 1. The maximum Gasteiger partial charge on any atom is 0.354 e. The first-order valence-electron chi connectivity index (χ1n) is 5.68. The van der Waals surface area contributed by atoms with Crippen molar-refractivity contribution in [2.75, 3.05) is 5.32 Å². The molecule has 0 aliphatic rings. The first-order valence-corrected chi connectivity index (χ1v) is 5.68. The Hall–Kier alpha value is -2.63. The lowest BCUT2D eigenvalue weighted by atomic mass is 10.2. The van der Waals surface area contributed by atoms with Gasteiger partial charge in [-0.15, -0.1) is 0 Å². The van der Waals surface area contributed by atoms with Gasteiger partial charge in [-0.2, -0.15) is 0 Å². The molecule has 0 unspecified atom stereocenters. The van der Waals surface area contributed by atoms with Gasteiger partial charge in [-0.05, 0) is 30.7 Å². The first kappa shape index (κ1) is 12.8.